The van der Waals surface area contributed by atoms with Gasteiger partial charge in [0.15, 0.2) is 0 Å². The van der Waals surface area contributed by atoms with Crippen molar-refractivity contribution in [1.29, 1.82) is 0 Å². The molecule has 0 bridgehead atoms. The first-order valence-electron chi connectivity index (χ1n) is 7.19. The molecule has 1 saturated carbocycles. The standard InChI is InChI=1S/C12H27BNO3P/c1-4-6-9-18(16,17-5-2)12-8-7-11(10-12)14-13(3)15/h11-12,14-15H,4-10H2,1-3H3/t11-,12+,18?/m0/s1. The molecule has 0 aromatic heterocycles. The van der Waals surface area contributed by atoms with Crippen molar-refractivity contribution < 1.29 is 14.1 Å². The van der Waals surface area contributed by atoms with Gasteiger partial charge in [0.1, 0.15) is 0 Å². The normalized spacial score (nSPS) is 27.1. The summed E-state index contributed by atoms with van der Waals surface area (Å²) in [5.74, 6) is 0. The monoisotopic (exact) mass is 275 g/mol. The van der Waals surface area contributed by atoms with Crippen molar-refractivity contribution in [2.24, 2.45) is 0 Å². The van der Waals surface area contributed by atoms with E-state index >= 15 is 0 Å². The Morgan fingerprint density at radius 2 is 2.17 bits per heavy atom. The van der Waals surface area contributed by atoms with Gasteiger partial charge in [-0.15, -0.1) is 0 Å². The summed E-state index contributed by atoms with van der Waals surface area (Å²) in [6.07, 6.45) is 5.54. The molecule has 18 heavy (non-hydrogen) atoms. The Morgan fingerprint density at radius 1 is 1.44 bits per heavy atom. The molecule has 1 aliphatic rings. The van der Waals surface area contributed by atoms with Gasteiger partial charge in [0, 0.05) is 11.8 Å². The fourth-order valence-corrected chi connectivity index (χ4v) is 5.77. The zero-order valence-corrected chi connectivity index (χ0v) is 12.8. The van der Waals surface area contributed by atoms with E-state index in [1.165, 1.54) is 0 Å². The summed E-state index contributed by atoms with van der Waals surface area (Å²) in [5, 5.41) is 12.5. The van der Waals surface area contributed by atoms with Gasteiger partial charge in [0.05, 0.1) is 6.61 Å². The van der Waals surface area contributed by atoms with E-state index in [0.717, 1.165) is 32.1 Å². The van der Waals surface area contributed by atoms with Crippen molar-refractivity contribution in [3.05, 3.63) is 0 Å². The summed E-state index contributed by atoms with van der Waals surface area (Å²) in [6.45, 7) is 6.29. The van der Waals surface area contributed by atoms with Gasteiger partial charge in [-0.2, -0.15) is 0 Å². The third kappa shape index (κ3) is 4.69. The van der Waals surface area contributed by atoms with Gasteiger partial charge in [-0.3, -0.25) is 4.57 Å². The second-order valence-electron chi connectivity index (χ2n) is 5.23. The zero-order valence-electron chi connectivity index (χ0n) is 11.9. The molecule has 4 nitrogen and oxygen atoms in total. The van der Waals surface area contributed by atoms with E-state index in [1.54, 1.807) is 6.82 Å². The van der Waals surface area contributed by atoms with Crippen LogP contribution in [-0.2, 0) is 9.09 Å². The highest BCUT2D eigenvalue weighted by Gasteiger charge is 2.39. The highest BCUT2D eigenvalue weighted by atomic mass is 31.2. The summed E-state index contributed by atoms with van der Waals surface area (Å²) >= 11 is 0. The van der Waals surface area contributed by atoms with E-state index in [9.17, 15) is 9.59 Å². The van der Waals surface area contributed by atoms with Crippen molar-refractivity contribution in [3.8, 4) is 0 Å². The van der Waals surface area contributed by atoms with Crippen LogP contribution in [0.1, 0.15) is 46.0 Å². The average molecular weight is 275 g/mol. The maximum absolute atomic E-state index is 12.9. The Kier molecular flexibility index (Phi) is 6.93. The molecule has 2 N–H and O–H groups in total. The Labute approximate surface area is 111 Å². The SMILES string of the molecule is CCCCP(=O)(OCC)[C@@H]1CC[C@H](NB(C)O)C1. The fourth-order valence-electron chi connectivity index (χ4n) is 2.76. The molecular formula is C12H27BNO3P. The minimum absolute atomic E-state index is 0.181. The maximum atomic E-state index is 12.9. The lowest BCUT2D eigenvalue weighted by Gasteiger charge is -2.24. The molecule has 0 saturated heterocycles. The second-order valence-corrected chi connectivity index (χ2v) is 8.12. The summed E-state index contributed by atoms with van der Waals surface area (Å²) in [5.41, 5.74) is 0.181. The first-order valence-corrected chi connectivity index (χ1v) is 9.07. The number of nitrogens with one attached hydrogen (secondary N) is 1. The average Bonchev–Trinajstić information content (AvgIpc) is 2.75. The van der Waals surface area contributed by atoms with Crippen LogP contribution >= 0.6 is 7.37 Å². The van der Waals surface area contributed by atoms with Crippen LogP contribution in [0.5, 0.6) is 0 Å². The molecule has 0 aliphatic heterocycles. The quantitative estimate of drug-likeness (QED) is 0.528. The summed E-state index contributed by atoms with van der Waals surface area (Å²) in [4.78, 5) is 0. The van der Waals surface area contributed by atoms with E-state index in [0.29, 0.717) is 12.8 Å². The Balaban J connectivity index is 2.57. The van der Waals surface area contributed by atoms with Crippen molar-refractivity contribution in [3.63, 3.8) is 0 Å². The van der Waals surface area contributed by atoms with Crippen LogP contribution in [0.2, 0.25) is 6.82 Å². The number of hydrogen-bond acceptors (Lipinski definition) is 4. The molecule has 3 atom stereocenters. The van der Waals surface area contributed by atoms with Crippen LogP contribution in [-0.4, -0.2) is 36.5 Å². The topological polar surface area (TPSA) is 58.6 Å². The van der Waals surface area contributed by atoms with Crippen LogP contribution < -0.4 is 5.23 Å². The van der Waals surface area contributed by atoms with E-state index in [1.807, 2.05) is 6.92 Å². The van der Waals surface area contributed by atoms with Gasteiger partial charge in [-0.1, -0.05) is 13.3 Å². The van der Waals surface area contributed by atoms with Crippen LogP contribution in [0.15, 0.2) is 0 Å². The van der Waals surface area contributed by atoms with E-state index in [4.69, 9.17) is 4.52 Å². The van der Waals surface area contributed by atoms with E-state index in [-0.39, 0.29) is 11.7 Å². The lowest BCUT2D eigenvalue weighted by molar-refractivity contribution is 0.323. The first-order chi connectivity index (χ1) is 8.51. The molecule has 0 spiro atoms. The zero-order chi connectivity index (χ0) is 13.6. The molecule has 6 heteroatoms. The highest BCUT2D eigenvalue weighted by molar-refractivity contribution is 7.59. The van der Waals surface area contributed by atoms with E-state index < -0.39 is 14.4 Å². The smallest absolute Gasteiger partial charge is 0.373 e. The number of hydrogen-bond donors (Lipinski definition) is 2. The van der Waals surface area contributed by atoms with Crippen molar-refractivity contribution >= 4 is 14.4 Å². The third-order valence-corrected chi connectivity index (χ3v) is 6.83. The summed E-state index contributed by atoms with van der Waals surface area (Å²) in [7, 11) is -2.98. The number of rotatable bonds is 8. The van der Waals surface area contributed by atoms with Gasteiger partial charge < -0.3 is 14.8 Å². The Hall–Kier alpha value is 0.175. The van der Waals surface area contributed by atoms with Gasteiger partial charge in [-0.25, -0.2) is 0 Å². The van der Waals surface area contributed by atoms with Crippen LogP contribution in [0, 0.1) is 0 Å². The molecule has 0 aromatic rings. The molecule has 0 radical (unpaired) electrons. The van der Waals surface area contributed by atoms with Crippen molar-refractivity contribution in [2.75, 3.05) is 12.8 Å². The van der Waals surface area contributed by atoms with Gasteiger partial charge in [-0.05, 0) is 45.5 Å². The lowest BCUT2D eigenvalue weighted by Crippen LogP contribution is -2.38. The molecule has 1 rings (SSSR count). The Morgan fingerprint density at radius 3 is 2.72 bits per heavy atom. The molecule has 1 aliphatic carbocycles. The van der Waals surface area contributed by atoms with Gasteiger partial charge >= 0.3 is 7.05 Å². The van der Waals surface area contributed by atoms with Crippen LogP contribution in [0.4, 0.5) is 0 Å². The molecule has 1 unspecified atom stereocenters. The lowest BCUT2D eigenvalue weighted by atomic mass is 9.87. The fraction of sp³-hybridized carbons (Fsp3) is 1.00. The molecule has 1 fully saturated rings. The predicted octanol–water partition coefficient (Wildman–Crippen LogP) is 2.72. The van der Waals surface area contributed by atoms with Crippen LogP contribution in [0.25, 0.3) is 0 Å². The molecule has 106 valence electrons. The van der Waals surface area contributed by atoms with E-state index in [2.05, 4.69) is 12.2 Å². The minimum atomic E-state index is -2.49. The molecule has 0 aromatic carbocycles. The summed E-state index contributed by atoms with van der Waals surface area (Å²) in [6, 6.07) is 0.283. The van der Waals surface area contributed by atoms with Crippen molar-refractivity contribution in [2.45, 2.75) is 64.5 Å². The van der Waals surface area contributed by atoms with Gasteiger partial charge in [0.25, 0.3) is 0 Å². The largest absolute Gasteiger partial charge is 0.437 e. The maximum Gasteiger partial charge on any atom is 0.373 e. The predicted molar refractivity (Wildman–Crippen MR) is 77.4 cm³/mol. The molecular weight excluding hydrogens is 248 g/mol. The minimum Gasteiger partial charge on any atom is -0.437 e. The van der Waals surface area contributed by atoms with Gasteiger partial charge in [0.2, 0.25) is 7.37 Å². The molecule has 0 amide bonds. The third-order valence-electron chi connectivity index (χ3n) is 3.61. The number of unbranched alkanes of at least 4 members (excludes halogenated alkanes) is 1. The molecule has 0 heterocycles. The first kappa shape index (κ1) is 16.2. The Bertz CT molecular complexity index is 288. The van der Waals surface area contributed by atoms with Crippen molar-refractivity contribution in [1.82, 2.24) is 5.23 Å². The summed E-state index contributed by atoms with van der Waals surface area (Å²) < 4.78 is 18.5. The highest BCUT2D eigenvalue weighted by Crippen LogP contribution is 2.57. The second kappa shape index (κ2) is 7.69. The van der Waals surface area contributed by atoms with Crippen LogP contribution in [0.3, 0.4) is 0 Å².